The van der Waals surface area contributed by atoms with Gasteiger partial charge in [0, 0.05) is 22.9 Å². The van der Waals surface area contributed by atoms with Crippen LogP contribution in [0.15, 0.2) is 24.3 Å². The van der Waals surface area contributed by atoms with Crippen molar-refractivity contribution in [3.63, 3.8) is 0 Å². The van der Waals surface area contributed by atoms with Gasteiger partial charge in [0.05, 0.1) is 7.11 Å². The Morgan fingerprint density at radius 3 is 2.95 bits per heavy atom. The highest BCUT2D eigenvalue weighted by Crippen LogP contribution is 2.58. The summed E-state index contributed by atoms with van der Waals surface area (Å²) in [6, 6.07) is 4.42. The summed E-state index contributed by atoms with van der Waals surface area (Å²) in [5.41, 5.74) is 2.30. The van der Waals surface area contributed by atoms with Crippen molar-refractivity contribution in [3.8, 4) is 11.5 Å². The fourth-order valence-corrected chi connectivity index (χ4v) is 4.81. The summed E-state index contributed by atoms with van der Waals surface area (Å²) in [5.74, 6) is 1.91. The van der Waals surface area contributed by atoms with Crippen molar-refractivity contribution in [3.05, 3.63) is 35.4 Å². The van der Waals surface area contributed by atoms with E-state index < -0.39 is 6.10 Å². The standard InChI is InChI=1S/C18H23NO3/c1-10-4-7-14(21-3)16-15(10)18-8-9-19-11(2)12(18)5-6-13(20)17(18)22-16/h4-7,11-13,17,19-20H,8-9H2,1-3H3/t11-,12+,13+,17+,18+/m1/s1. The van der Waals surface area contributed by atoms with Gasteiger partial charge in [0.25, 0.3) is 0 Å². The number of nitrogens with one attached hydrogen (secondary N) is 1. The number of hydrogen-bond acceptors (Lipinski definition) is 4. The minimum Gasteiger partial charge on any atom is -0.493 e. The van der Waals surface area contributed by atoms with Gasteiger partial charge in [0.15, 0.2) is 11.5 Å². The molecule has 1 aromatic carbocycles. The molecule has 3 aliphatic rings. The summed E-state index contributed by atoms with van der Waals surface area (Å²) in [7, 11) is 1.67. The molecule has 0 amide bonds. The van der Waals surface area contributed by atoms with Crippen LogP contribution in [0, 0.1) is 12.8 Å². The third-order valence-corrected chi connectivity index (χ3v) is 5.73. The lowest BCUT2D eigenvalue weighted by Crippen LogP contribution is -2.61. The van der Waals surface area contributed by atoms with E-state index in [9.17, 15) is 5.11 Å². The lowest BCUT2D eigenvalue weighted by molar-refractivity contribution is -0.0126. The molecule has 2 aliphatic heterocycles. The Kier molecular flexibility index (Phi) is 3.03. The lowest BCUT2D eigenvalue weighted by atomic mass is 9.57. The molecule has 4 rings (SSSR count). The minimum absolute atomic E-state index is 0.160. The maximum Gasteiger partial charge on any atom is 0.165 e. The monoisotopic (exact) mass is 301 g/mol. The maximum absolute atomic E-state index is 10.6. The van der Waals surface area contributed by atoms with E-state index in [2.05, 4.69) is 31.3 Å². The molecule has 22 heavy (non-hydrogen) atoms. The molecular formula is C18H23NO3. The van der Waals surface area contributed by atoms with E-state index >= 15 is 0 Å². The molecule has 0 aromatic heterocycles. The zero-order valence-corrected chi connectivity index (χ0v) is 13.3. The number of methoxy groups -OCH3 is 1. The van der Waals surface area contributed by atoms with Gasteiger partial charge in [0.2, 0.25) is 0 Å². The van der Waals surface area contributed by atoms with Gasteiger partial charge in [-0.1, -0.05) is 18.2 Å². The molecule has 0 radical (unpaired) electrons. The van der Waals surface area contributed by atoms with Crippen molar-refractivity contribution in [1.82, 2.24) is 5.32 Å². The van der Waals surface area contributed by atoms with E-state index in [1.54, 1.807) is 7.11 Å². The fourth-order valence-electron chi connectivity index (χ4n) is 4.81. The van der Waals surface area contributed by atoms with E-state index in [0.29, 0.717) is 12.0 Å². The Labute approximate surface area is 131 Å². The highest BCUT2D eigenvalue weighted by molar-refractivity contribution is 5.60. The van der Waals surface area contributed by atoms with Crippen molar-refractivity contribution in [2.75, 3.05) is 13.7 Å². The zero-order chi connectivity index (χ0) is 15.5. The predicted octanol–water partition coefficient (Wildman–Crippen LogP) is 1.93. The lowest BCUT2D eigenvalue weighted by Gasteiger charge is -2.50. The second kappa shape index (κ2) is 4.74. The number of aliphatic hydroxyl groups excluding tert-OH is 1. The van der Waals surface area contributed by atoms with Crippen molar-refractivity contribution < 1.29 is 14.6 Å². The number of ether oxygens (including phenoxy) is 2. The summed E-state index contributed by atoms with van der Waals surface area (Å²) in [4.78, 5) is 0. The van der Waals surface area contributed by atoms with Crippen LogP contribution in [0.4, 0.5) is 0 Å². The Hall–Kier alpha value is -1.52. The highest BCUT2D eigenvalue weighted by atomic mass is 16.5. The number of piperidine rings is 1. The van der Waals surface area contributed by atoms with Crippen molar-refractivity contribution in [2.45, 2.75) is 43.9 Å². The molecule has 4 heteroatoms. The van der Waals surface area contributed by atoms with Gasteiger partial charge in [-0.05, 0) is 38.4 Å². The number of rotatable bonds is 1. The predicted molar refractivity (Wildman–Crippen MR) is 84.5 cm³/mol. The third kappa shape index (κ3) is 1.60. The average molecular weight is 301 g/mol. The molecule has 2 N–H and O–H groups in total. The molecule has 118 valence electrons. The summed E-state index contributed by atoms with van der Waals surface area (Å²) in [6.45, 7) is 5.29. The SMILES string of the molecule is COc1ccc(C)c2c1O[C@H]1[C@@H](O)C=C[C@H]3[C@@H](C)NCC[C@@]231. The molecule has 5 atom stereocenters. The van der Waals surface area contributed by atoms with E-state index in [1.165, 1.54) is 11.1 Å². The number of aliphatic hydroxyl groups is 1. The van der Waals surface area contributed by atoms with Crippen LogP contribution in [0.1, 0.15) is 24.5 Å². The van der Waals surface area contributed by atoms with Crippen molar-refractivity contribution in [1.29, 1.82) is 0 Å². The molecule has 1 aromatic rings. The number of hydrogen-bond donors (Lipinski definition) is 2. The van der Waals surface area contributed by atoms with Gasteiger partial charge in [-0.25, -0.2) is 0 Å². The number of aryl methyl sites for hydroxylation is 1. The maximum atomic E-state index is 10.6. The molecule has 0 saturated carbocycles. The van der Waals surface area contributed by atoms with Crippen molar-refractivity contribution >= 4 is 0 Å². The molecule has 1 aliphatic carbocycles. The molecule has 4 nitrogen and oxygen atoms in total. The van der Waals surface area contributed by atoms with Crippen LogP contribution >= 0.6 is 0 Å². The van der Waals surface area contributed by atoms with E-state index in [1.807, 2.05) is 12.1 Å². The Morgan fingerprint density at radius 2 is 2.18 bits per heavy atom. The van der Waals surface area contributed by atoms with Crippen LogP contribution in [-0.4, -0.2) is 37.0 Å². The van der Waals surface area contributed by atoms with Crippen molar-refractivity contribution in [2.24, 2.45) is 5.92 Å². The van der Waals surface area contributed by atoms with Crippen LogP contribution in [-0.2, 0) is 5.41 Å². The van der Waals surface area contributed by atoms with Crippen LogP contribution in [0.5, 0.6) is 11.5 Å². The van der Waals surface area contributed by atoms with Gasteiger partial charge in [-0.3, -0.25) is 0 Å². The minimum atomic E-state index is -0.571. The highest BCUT2D eigenvalue weighted by Gasteiger charge is 2.60. The van der Waals surface area contributed by atoms with Crippen LogP contribution < -0.4 is 14.8 Å². The molecular weight excluding hydrogens is 278 g/mol. The summed E-state index contributed by atoms with van der Waals surface area (Å²) >= 11 is 0. The Bertz CT molecular complexity index is 641. The van der Waals surface area contributed by atoms with E-state index in [0.717, 1.165) is 24.5 Å². The normalized spacial score (nSPS) is 38.7. The average Bonchev–Trinajstić information content (AvgIpc) is 2.85. The largest absolute Gasteiger partial charge is 0.493 e. The first kappa shape index (κ1) is 14.1. The van der Waals surface area contributed by atoms with Gasteiger partial charge >= 0.3 is 0 Å². The Morgan fingerprint density at radius 1 is 1.36 bits per heavy atom. The first-order valence-electron chi connectivity index (χ1n) is 8.04. The topological polar surface area (TPSA) is 50.7 Å². The van der Waals surface area contributed by atoms with E-state index in [4.69, 9.17) is 9.47 Å². The molecule has 1 saturated heterocycles. The Balaban J connectivity index is 1.98. The quantitative estimate of drug-likeness (QED) is 0.778. The zero-order valence-electron chi connectivity index (χ0n) is 13.3. The first-order valence-corrected chi connectivity index (χ1v) is 8.04. The molecule has 0 bridgehead atoms. The molecule has 0 unspecified atom stereocenters. The smallest absolute Gasteiger partial charge is 0.165 e. The molecule has 1 spiro atoms. The first-order chi connectivity index (χ1) is 10.6. The molecule has 1 fully saturated rings. The second-order valence-corrected chi connectivity index (χ2v) is 6.76. The summed E-state index contributed by atoms with van der Waals surface area (Å²) in [5, 5.41) is 14.1. The number of benzene rings is 1. The van der Waals surface area contributed by atoms with Gasteiger partial charge in [-0.2, -0.15) is 0 Å². The molecule has 2 heterocycles. The summed E-state index contributed by atoms with van der Waals surface area (Å²) in [6.07, 6.45) is 4.24. The van der Waals surface area contributed by atoms with Gasteiger partial charge < -0.3 is 19.9 Å². The third-order valence-electron chi connectivity index (χ3n) is 5.73. The van der Waals surface area contributed by atoms with Crippen LogP contribution in [0.25, 0.3) is 0 Å². The second-order valence-electron chi connectivity index (χ2n) is 6.76. The van der Waals surface area contributed by atoms with Gasteiger partial charge in [0.1, 0.15) is 12.2 Å². The summed E-state index contributed by atoms with van der Waals surface area (Å²) < 4.78 is 11.8. The van der Waals surface area contributed by atoms with Crippen LogP contribution in [0.2, 0.25) is 0 Å². The van der Waals surface area contributed by atoms with Gasteiger partial charge in [-0.15, -0.1) is 0 Å². The fraction of sp³-hybridized carbons (Fsp3) is 0.556. The number of fused-ring (bicyclic) bond motifs is 1. The van der Waals surface area contributed by atoms with E-state index in [-0.39, 0.29) is 11.5 Å². The van der Waals surface area contributed by atoms with Crippen LogP contribution in [0.3, 0.4) is 0 Å².